The minimum atomic E-state index is 0.0538. The smallest absolute Gasteiger partial charge is 0.126 e. The van der Waals surface area contributed by atoms with Gasteiger partial charge in [-0.3, -0.25) is 10.3 Å². The molecular formula is C17H16Cl2N2S. The van der Waals surface area contributed by atoms with Crippen LogP contribution in [0.1, 0.15) is 23.7 Å². The minimum Gasteiger partial charge on any atom is -0.292 e. The molecule has 0 fully saturated rings. The normalized spacial score (nSPS) is 17.6. The Kier molecular flexibility index (Phi) is 5.42. The fourth-order valence-electron chi connectivity index (χ4n) is 2.34. The summed E-state index contributed by atoms with van der Waals surface area (Å²) in [4.78, 5) is 5.78. The van der Waals surface area contributed by atoms with Gasteiger partial charge in [-0.25, -0.2) is 0 Å². The van der Waals surface area contributed by atoms with Crippen LogP contribution in [0.2, 0.25) is 10.0 Å². The molecule has 0 aromatic heterocycles. The lowest BCUT2D eigenvalue weighted by atomic mass is 10.1. The van der Waals surface area contributed by atoms with E-state index in [1.54, 1.807) is 17.8 Å². The van der Waals surface area contributed by atoms with Crippen LogP contribution < -0.4 is 5.32 Å². The Labute approximate surface area is 144 Å². The third-order valence-corrected chi connectivity index (χ3v) is 5.20. The molecule has 0 amide bonds. The Morgan fingerprint density at radius 3 is 2.82 bits per heavy atom. The summed E-state index contributed by atoms with van der Waals surface area (Å²) >= 11 is 14.0. The number of nitrogens with zero attached hydrogens (tertiary/aromatic N) is 1. The molecule has 1 unspecified atom stereocenters. The van der Waals surface area contributed by atoms with Crippen molar-refractivity contribution in [3.05, 3.63) is 63.6 Å². The molecule has 0 bridgehead atoms. The lowest BCUT2D eigenvalue weighted by Crippen LogP contribution is -2.25. The van der Waals surface area contributed by atoms with Crippen LogP contribution in [0.15, 0.2) is 52.4 Å². The summed E-state index contributed by atoms with van der Waals surface area (Å²) in [5.74, 6) is 0.809. The van der Waals surface area contributed by atoms with E-state index in [2.05, 4.69) is 34.6 Å². The fourth-order valence-corrected chi connectivity index (χ4v) is 3.98. The van der Waals surface area contributed by atoms with E-state index in [-0.39, 0.29) is 6.17 Å². The van der Waals surface area contributed by atoms with Gasteiger partial charge in [-0.05, 0) is 30.2 Å². The zero-order valence-electron chi connectivity index (χ0n) is 11.9. The molecular weight excluding hydrogens is 335 g/mol. The summed E-state index contributed by atoms with van der Waals surface area (Å²) in [5.41, 5.74) is 2.31. The number of hydrogen-bond donors (Lipinski definition) is 1. The maximum Gasteiger partial charge on any atom is 0.126 e. The van der Waals surface area contributed by atoms with Gasteiger partial charge < -0.3 is 0 Å². The summed E-state index contributed by atoms with van der Waals surface area (Å²) in [5, 5.41) is 4.82. The van der Waals surface area contributed by atoms with Crippen LogP contribution in [0.4, 0.5) is 0 Å². The van der Waals surface area contributed by atoms with Gasteiger partial charge in [0.1, 0.15) is 6.17 Å². The molecule has 0 saturated carbocycles. The van der Waals surface area contributed by atoms with Crippen molar-refractivity contribution in [2.75, 3.05) is 6.54 Å². The van der Waals surface area contributed by atoms with E-state index >= 15 is 0 Å². The molecule has 1 aliphatic heterocycles. The van der Waals surface area contributed by atoms with E-state index < -0.39 is 0 Å². The third-order valence-electron chi connectivity index (χ3n) is 3.48. The van der Waals surface area contributed by atoms with Gasteiger partial charge in [0.15, 0.2) is 0 Å². The fraction of sp³-hybridized carbons (Fsp3) is 0.235. The average molecular weight is 351 g/mol. The van der Waals surface area contributed by atoms with Crippen molar-refractivity contribution in [3.8, 4) is 0 Å². The quantitative estimate of drug-likeness (QED) is 0.751. The highest BCUT2D eigenvalue weighted by Gasteiger charge is 2.15. The molecule has 22 heavy (non-hydrogen) atoms. The Balaban J connectivity index is 1.77. The van der Waals surface area contributed by atoms with Crippen molar-refractivity contribution in [2.45, 2.75) is 23.2 Å². The first-order valence-corrected chi connectivity index (χ1v) is 8.89. The van der Waals surface area contributed by atoms with Gasteiger partial charge in [-0.2, -0.15) is 0 Å². The molecule has 0 saturated heterocycles. The van der Waals surface area contributed by atoms with Crippen molar-refractivity contribution in [1.82, 2.24) is 5.32 Å². The SMILES string of the molecule is Clc1ccc(CSc2ccccc2C2N=CCCN2)c(Cl)c1. The van der Waals surface area contributed by atoms with Crippen LogP contribution >= 0.6 is 35.0 Å². The lowest BCUT2D eigenvalue weighted by Gasteiger charge is -2.20. The van der Waals surface area contributed by atoms with Crippen LogP contribution in [0, 0.1) is 0 Å². The van der Waals surface area contributed by atoms with Gasteiger partial charge in [0.05, 0.1) is 0 Å². The summed E-state index contributed by atoms with van der Waals surface area (Å²) in [7, 11) is 0. The lowest BCUT2D eigenvalue weighted by molar-refractivity contribution is 0.540. The minimum absolute atomic E-state index is 0.0538. The number of halogens is 2. The van der Waals surface area contributed by atoms with Gasteiger partial charge >= 0.3 is 0 Å². The first-order chi connectivity index (χ1) is 10.7. The number of thioether (sulfide) groups is 1. The highest BCUT2D eigenvalue weighted by Crippen LogP contribution is 2.33. The van der Waals surface area contributed by atoms with E-state index in [1.807, 2.05) is 18.3 Å². The van der Waals surface area contributed by atoms with E-state index in [0.29, 0.717) is 10.0 Å². The Hall–Kier alpha value is -1.00. The second-order valence-electron chi connectivity index (χ2n) is 5.04. The van der Waals surface area contributed by atoms with Crippen LogP contribution in [0.25, 0.3) is 0 Å². The number of hydrogen-bond acceptors (Lipinski definition) is 3. The first kappa shape index (κ1) is 15.9. The second-order valence-corrected chi connectivity index (χ2v) is 6.90. The van der Waals surface area contributed by atoms with Crippen molar-refractivity contribution >= 4 is 41.2 Å². The van der Waals surface area contributed by atoms with Gasteiger partial charge in [-0.15, -0.1) is 11.8 Å². The van der Waals surface area contributed by atoms with E-state index in [1.165, 1.54) is 10.5 Å². The van der Waals surface area contributed by atoms with Crippen molar-refractivity contribution in [2.24, 2.45) is 4.99 Å². The standard InChI is InChI=1S/C17H16Cl2N2S/c18-13-7-6-12(15(19)10-13)11-22-16-5-2-1-4-14(16)17-20-8-3-9-21-17/h1-2,4-8,10,17,21H,3,9,11H2. The average Bonchev–Trinajstić information content (AvgIpc) is 2.55. The molecule has 0 aliphatic carbocycles. The van der Waals surface area contributed by atoms with E-state index in [4.69, 9.17) is 23.2 Å². The van der Waals surface area contributed by atoms with Gasteiger partial charge in [0, 0.05) is 39.0 Å². The molecule has 1 aliphatic rings. The Morgan fingerprint density at radius 1 is 1.18 bits per heavy atom. The molecule has 114 valence electrons. The molecule has 0 radical (unpaired) electrons. The van der Waals surface area contributed by atoms with Crippen molar-refractivity contribution in [1.29, 1.82) is 0 Å². The third kappa shape index (κ3) is 3.85. The summed E-state index contributed by atoms with van der Waals surface area (Å²) in [6, 6.07) is 14.0. The highest BCUT2D eigenvalue weighted by molar-refractivity contribution is 7.98. The highest BCUT2D eigenvalue weighted by atomic mass is 35.5. The van der Waals surface area contributed by atoms with Gasteiger partial charge in [0.25, 0.3) is 0 Å². The van der Waals surface area contributed by atoms with Gasteiger partial charge in [0.2, 0.25) is 0 Å². The summed E-state index contributed by atoms with van der Waals surface area (Å²) < 4.78 is 0. The molecule has 1 N–H and O–H groups in total. The van der Waals surface area contributed by atoms with Crippen LogP contribution in [0.5, 0.6) is 0 Å². The molecule has 2 aromatic carbocycles. The molecule has 5 heteroatoms. The number of benzene rings is 2. The molecule has 2 aromatic rings. The molecule has 2 nitrogen and oxygen atoms in total. The van der Waals surface area contributed by atoms with Crippen molar-refractivity contribution < 1.29 is 0 Å². The van der Waals surface area contributed by atoms with Crippen LogP contribution in [-0.4, -0.2) is 12.8 Å². The summed E-state index contributed by atoms with van der Waals surface area (Å²) in [6.07, 6.45) is 3.04. The number of nitrogens with one attached hydrogen (secondary N) is 1. The Morgan fingerprint density at radius 2 is 2.05 bits per heavy atom. The zero-order chi connectivity index (χ0) is 15.4. The van der Waals surface area contributed by atoms with Crippen LogP contribution in [0.3, 0.4) is 0 Å². The van der Waals surface area contributed by atoms with E-state index in [9.17, 15) is 0 Å². The number of aliphatic imine (C=N–C) groups is 1. The van der Waals surface area contributed by atoms with E-state index in [0.717, 1.165) is 24.3 Å². The maximum atomic E-state index is 6.25. The first-order valence-electron chi connectivity index (χ1n) is 7.15. The topological polar surface area (TPSA) is 24.4 Å². The number of rotatable bonds is 4. The predicted octanol–water partition coefficient (Wildman–Crippen LogP) is 5.35. The molecule has 1 heterocycles. The zero-order valence-corrected chi connectivity index (χ0v) is 14.3. The largest absolute Gasteiger partial charge is 0.292 e. The second kappa shape index (κ2) is 7.51. The predicted molar refractivity (Wildman–Crippen MR) is 96.3 cm³/mol. The molecule has 1 atom stereocenters. The monoisotopic (exact) mass is 350 g/mol. The Bertz CT molecular complexity index is 688. The summed E-state index contributed by atoms with van der Waals surface area (Å²) in [6.45, 7) is 0.968. The van der Waals surface area contributed by atoms with Gasteiger partial charge in [-0.1, -0.05) is 47.5 Å². The maximum absolute atomic E-state index is 6.25. The molecule has 0 spiro atoms. The van der Waals surface area contributed by atoms with Crippen LogP contribution in [-0.2, 0) is 5.75 Å². The molecule has 3 rings (SSSR count). The van der Waals surface area contributed by atoms with Crippen molar-refractivity contribution in [3.63, 3.8) is 0 Å².